The number of carboxylic acids is 1. The van der Waals surface area contributed by atoms with E-state index in [0.29, 0.717) is 13.2 Å². The van der Waals surface area contributed by atoms with Gasteiger partial charge in [-0.05, 0) is 36.1 Å². The minimum Gasteiger partial charge on any atom is -0.493 e. The fourth-order valence-corrected chi connectivity index (χ4v) is 3.55. The third kappa shape index (κ3) is 3.90. The quantitative estimate of drug-likeness (QED) is 0.755. The van der Waals surface area contributed by atoms with Crippen molar-refractivity contribution in [2.45, 2.75) is 32.7 Å². The number of hydrogen-bond acceptors (Lipinski definition) is 4. The van der Waals surface area contributed by atoms with Crippen LogP contribution in [0.5, 0.6) is 5.75 Å². The third-order valence-corrected chi connectivity index (χ3v) is 4.98. The lowest BCUT2D eigenvalue weighted by molar-refractivity contribution is 0.0694. The minimum atomic E-state index is -1.19. The van der Waals surface area contributed by atoms with Crippen LogP contribution in [0.3, 0.4) is 0 Å². The van der Waals surface area contributed by atoms with E-state index in [9.17, 15) is 14.7 Å². The molecule has 27 heavy (non-hydrogen) atoms. The number of carboxylic acid groups (broad SMARTS) is 1. The van der Waals surface area contributed by atoms with Crippen LogP contribution >= 0.6 is 0 Å². The summed E-state index contributed by atoms with van der Waals surface area (Å²) in [5.41, 5.74) is 2.16. The predicted molar refractivity (Wildman–Crippen MR) is 103 cm³/mol. The molecule has 0 amide bonds. The summed E-state index contributed by atoms with van der Waals surface area (Å²) in [5, 5.41) is 9.31. The van der Waals surface area contributed by atoms with Crippen molar-refractivity contribution >= 4 is 5.97 Å². The smallest absolute Gasteiger partial charge is 0.341 e. The molecule has 0 radical (unpaired) electrons. The van der Waals surface area contributed by atoms with Crippen molar-refractivity contribution in [1.82, 2.24) is 4.57 Å². The van der Waals surface area contributed by atoms with E-state index in [1.165, 1.54) is 12.3 Å². The Morgan fingerprint density at radius 1 is 1.30 bits per heavy atom. The molecule has 144 valence electrons. The van der Waals surface area contributed by atoms with Gasteiger partial charge < -0.3 is 19.1 Å². The summed E-state index contributed by atoms with van der Waals surface area (Å²) in [7, 11) is 1.67. The van der Waals surface area contributed by atoms with Crippen LogP contribution in [-0.4, -0.2) is 36.0 Å². The van der Waals surface area contributed by atoms with Gasteiger partial charge in [0.05, 0.1) is 12.3 Å². The number of aromatic nitrogens is 1. The molecule has 0 saturated heterocycles. The first kappa shape index (κ1) is 19.2. The summed E-state index contributed by atoms with van der Waals surface area (Å²) in [5.74, 6) is -0.110. The molecule has 1 N–H and O–H groups in total. The zero-order chi connectivity index (χ0) is 19.6. The summed E-state index contributed by atoms with van der Waals surface area (Å²) in [6.07, 6.45) is 3.07. The van der Waals surface area contributed by atoms with Gasteiger partial charge in [-0.2, -0.15) is 0 Å². The number of nitrogens with zero attached hydrogens (tertiary/aromatic N) is 1. The Kier molecular flexibility index (Phi) is 5.65. The molecule has 0 aliphatic carbocycles. The number of carbonyl (C=O) groups is 1. The van der Waals surface area contributed by atoms with Crippen molar-refractivity contribution in [2.24, 2.45) is 5.92 Å². The maximum Gasteiger partial charge on any atom is 0.341 e. The normalized spacial score (nSPS) is 15.3. The summed E-state index contributed by atoms with van der Waals surface area (Å²) in [4.78, 5) is 23.6. The van der Waals surface area contributed by atoms with Crippen molar-refractivity contribution in [2.75, 3.05) is 20.3 Å². The predicted octanol–water partition coefficient (Wildman–Crippen LogP) is 3.38. The minimum absolute atomic E-state index is 0.0786. The molecular formula is C21H25NO5. The standard InChI is InChI=1S/C21H25NO5/c1-13(2)18-10-14-9-15(27-8-4-7-26-3)5-6-16(14)19-11-20(23)17(21(24)25)12-22(18)19/h5-6,9,11-13,18H,4,7-8,10H2,1-3H3,(H,24,25). The Bertz CT molecular complexity index is 900. The number of methoxy groups -OCH3 is 1. The fourth-order valence-electron chi connectivity index (χ4n) is 3.55. The van der Waals surface area contributed by atoms with Gasteiger partial charge in [-0.25, -0.2) is 4.79 Å². The maximum absolute atomic E-state index is 12.3. The van der Waals surface area contributed by atoms with Crippen LogP contribution in [0.15, 0.2) is 35.3 Å². The molecule has 1 atom stereocenters. The number of hydrogen-bond donors (Lipinski definition) is 1. The highest BCUT2D eigenvalue weighted by atomic mass is 16.5. The Labute approximate surface area is 158 Å². The van der Waals surface area contributed by atoms with E-state index in [2.05, 4.69) is 13.8 Å². The summed E-state index contributed by atoms with van der Waals surface area (Å²) in [6, 6.07) is 7.38. The van der Waals surface area contributed by atoms with Crippen LogP contribution in [0.4, 0.5) is 0 Å². The van der Waals surface area contributed by atoms with Gasteiger partial charge in [0, 0.05) is 44.0 Å². The largest absolute Gasteiger partial charge is 0.493 e. The van der Waals surface area contributed by atoms with Crippen molar-refractivity contribution < 1.29 is 19.4 Å². The highest BCUT2D eigenvalue weighted by Gasteiger charge is 2.28. The molecule has 3 rings (SSSR count). The van der Waals surface area contributed by atoms with Crippen LogP contribution in [0.25, 0.3) is 11.3 Å². The van der Waals surface area contributed by atoms with Crippen molar-refractivity contribution in [3.8, 4) is 17.0 Å². The number of ether oxygens (including phenoxy) is 2. The van der Waals surface area contributed by atoms with Gasteiger partial charge in [0.2, 0.25) is 0 Å². The Morgan fingerprint density at radius 2 is 2.07 bits per heavy atom. The van der Waals surface area contributed by atoms with E-state index in [1.54, 1.807) is 7.11 Å². The zero-order valence-electron chi connectivity index (χ0n) is 15.9. The van der Waals surface area contributed by atoms with Crippen molar-refractivity contribution in [3.63, 3.8) is 0 Å². The average molecular weight is 371 g/mol. The van der Waals surface area contributed by atoms with Gasteiger partial charge in [0.25, 0.3) is 0 Å². The second kappa shape index (κ2) is 7.96. The lowest BCUT2D eigenvalue weighted by Gasteiger charge is -2.33. The summed E-state index contributed by atoms with van der Waals surface area (Å²) in [6.45, 7) is 5.44. The first-order chi connectivity index (χ1) is 12.9. The number of fused-ring (bicyclic) bond motifs is 3. The van der Waals surface area contributed by atoms with Crippen LogP contribution in [0.2, 0.25) is 0 Å². The Hall–Kier alpha value is -2.60. The van der Waals surface area contributed by atoms with Crippen molar-refractivity contribution in [3.05, 3.63) is 51.8 Å². The number of rotatable bonds is 7. The molecule has 0 saturated carbocycles. The molecule has 1 aromatic heterocycles. The van der Waals surface area contributed by atoms with Gasteiger partial charge in [0.15, 0.2) is 5.43 Å². The molecule has 0 fully saturated rings. The van der Waals surface area contributed by atoms with E-state index >= 15 is 0 Å². The first-order valence-corrected chi connectivity index (χ1v) is 9.17. The van der Waals surface area contributed by atoms with Crippen LogP contribution < -0.4 is 10.2 Å². The van der Waals surface area contributed by atoms with E-state index < -0.39 is 11.4 Å². The first-order valence-electron chi connectivity index (χ1n) is 9.17. The average Bonchev–Trinajstić information content (AvgIpc) is 2.63. The molecule has 2 aromatic rings. The molecule has 0 bridgehead atoms. The third-order valence-electron chi connectivity index (χ3n) is 4.98. The van der Waals surface area contributed by atoms with Crippen LogP contribution in [-0.2, 0) is 11.2 Å². The number of pyridine rings is 1. The van der Waals surface area contributed by atoms with Crippen LogP contribution in [0.1, 0.15) is 42.2 Å². The molecule has 6 heteroatoms. The van der Waals surface area contributed by atoms with E-state index in [0.717, 1.165) is 35.4 Å². The van der Waals surface area contributed by atoms with Gasteiger partial charge in [-0.3, -0.25) is 4.79 Å². The van der Waals surface area contributed by atoms with Gasteiger partial charge >= 0.3 is 5.97 Å². The van der Waals surface area contributed by atoms with Gasteiger partial charge in [-0.15, -0.1) is 0 Å². The summed E-state index contributed by atoms with van der Waals surface area (Å²) < 4.78 is 12.8. The second-order valence-electron chi connectivity index (χ2n) is 7.18. The molecule has 1 aromatic carbocycles. The summed E-state index contributed by atoms with van der Waals surface area (Å²) >= 11 is 0. The molecule has 1 unspecified atom stereocenters. The topological polar surface area (TPSA) is 77.8 Å². The molecule has 2 heterocycles. The number of benzene rings is 1. The zero-order valence-corrected chi connectivity index (χ0v) is 15.9. The fraction of sp³-hybridized carbons (Fsp3) is 0.429. The Morgan fingerprint density at radius 3 is 2.74 bits per heavy atom. The van der Waals surface area contributed by atoms with E-state index in [1.807, 2.05) is 22.8 Å². The molecule has 6 nitrogen and oxygen atoms in total. The molecule has 0 spiro atoms. The van der Waals surface area contributed by atoms with Crippen LogP contribution in [0, 0.1) is 5.92 Å². The monoisotopic (exact) mass is 371 g/mol. The lowest BCUT2D eigenvalue weighted by atomic mass is 9.87. The highest BCUT2D eigenvalue weighted by molar-refractivity contribution is 5.87. The SMILES string of the molecule is COCCCOc1ccc2c(c1)CC(C(C)C)n1cc(C(=O)O)c(=O)cc1-2. The Balaban J connectivity index is 2.01. The highest BCUT2D eigenvalue weighted by Crippen LogP contribution is 2.38. The lowest BCUT2D eigenvalue weighted by Crippen LogP contribution is -2.28. The molecular weight excluding hydrogens is 346 g/mol. The second-order valence-corrected chi connectivity index (χ2v) is 7.18. The number of aromatic carboxylic acids is 1. The molecule has 1 aliphatic rings. The van der Waals surface area contributed by atoms with E-state index in [4.69, 9.17) is 9.47 Å². The maximum atomic E-state index is 12.3. The van der Waals surface area contributed by atoms with Gasteiger partial charge in [0.1, 0.15) is 11.3 Å². The van der Waals surface area contributed by atoms with Gasteiger partial charge in [-0.1, -0.05) is 13.8 Å². The van der Waals surface area contributed by atoms with E-state index in [-0.39, 0.29) is 17.5 Å². The van der Waals surface area contributed by atoms with Crippen molar-refractivity contribution in [1.29, 1.82) is 0 Å². The molecule has 1 aliphatic heterocycles.